The van der Waals surface area contributed by atoms with Crippen LogP contribution in [0.15, 0.2) is 97.2 Å². The molecule has 0 radical (unpaired) electrons. The summed E-state index contributed by atoms with van der Waals surface area (Å²) in [5, 5.41) is 0. The normalized spacial score (nSPS) is 13.7. The van der Waals surface area contributed by atoms with Gasteiger partial charge < -0.3 is 18.9 Å². The fourth-order valence-electron chi connectivity index (χ4n) is 10.5. The summed E-state index contributed by atoms with van der Waals surface area (Å²) in [6, 6.07) is 0. The maximum absolute atomic E-state index is 12.9. The fraction of sp³-hybridized carbons (Fsp3) is 0.769. The van der Waals surface area contributed by atoms with Crippen molar-refractivity contribution in [2.24, 2.45) is 0 Å². The van der Waals surface area contributed by atoms with Crippen molar-refractivity contribution in [1.82, 2.24) is 0 Å². The summed E-state index contributed by atoms with van der Waals surface area (Å²) in [7, 11) is 1.48. The Bertz CT molecular complexity index is 1810. The van der Waals surface area contributed by atoms with Crippen LogP contribution < -0.4 is 0 Å². The lowest BCUT2D eigenvalue weighted by Crippen LogP contribution is -2.37. The molecule has 0 spiro atoms. The summed E-state index contributed by atoms with van der Waals surface area (Å²) in [6.45, 7) is 4.36. The van der Waals surface area contributed by atoms with Gasteiger partial charge in [-0.2, -0.15) is 0 Å². The van der Waals surface area contributed by atoms with Crippen molar-refractivity contribution in [1.29, 1.82) is 0 Å². The summed E-state index contributed by atoms with van der Waals surface area (Å²) in [5.41, 5.74) is 0. The Hall–Kier alpha value is -3.07. The number of quaternary nitrogens is 1. The average molecular weight is 1250 g/mol. The van der Waals surface area contributed by atoms with Crippen molar-refractivity contribution in [3.63, 3.8) is 0 Å². The summed E-state index contributed by atoms with van der Waals surface area (Å²) in [4.78, 5) is 35.9. The Morgan fingerprint density at radius 1 is 0.364 bits per heavy atom. The molecule has 0 aromatic carbocycles. The van der Waals surface area contributed by atoms with Crippen LogP contribution in [-0.2, 0) is 32.7 Å². The molecular weight excluding hydrogens is 1110 g/mol. The molecule has 0 amide bonds. The smallest absolute Gasteiger partial charge is 0.462 e. The minimum absolute atomic E-state index is 0.0299. The van der Waals surface area contributed by atoms with E-state index in [1.165, 1.54) is 212 Å². The van der Waals surface area contributed by atoms with E-state index in [9.17, 15) is 19.0 Å². The van der Waals surface area contributed by atoms with Crippen molar-refractivity contribution in [2.45, 2.75) is 341 Å². The van der Waals surface area contributed by atoms with E-state index in [4.69, 9.17) is 18.5 Å². The van der Waals surface area contributed by atoms with E-state index in [0.717, 1.165) is 89.9 Å². The van der Waals surface area contributed by atoms with E-state index in [0.29, 0.717) is 23.9 Å². The Kier molecular flexibility index (Phi) is 65.9. The molecular formula is C78H141NO8P+. The van der Waals surface area contributed by atoms with Crippen molar-refractivity contribution < 1.29 is 42.1 Å². The summed E-state index contributed by atoms with van der Waals surface area (Å²) in [5.74, 6) is -0.787. The molecule has 0 aliphatic carbocycles. The number of nitrogens with zero attached hydrogens (tertiary/aromatic N) is 1. The number of unbranched alkanes of at least 4 members (excludes halogenated alkanes) is 38. The lowest BCUT2D eigenvalue weighted by molar-refractivity contribution is -0.870. The molecule has 0 saturated carbocycles. The SMILES string of the molecule is CC/C=C\C/C=C\C/C=C\C/C=C\C/C=C\C/C=C\C/C=C\C/C=C\CCCCCCCCCCCCCCC(=O)OC(COC(=O)CCCCCCCCCCCCCCCCCCCCCCCCCCCCC)COP(=O)(O)OCC[N+](C)(C)C. The molecule has 0 fully saturated rings. The summed E-state index contributed by atoms with van der Waals surface area (Å²) < 4.78 is 34.8. The predicted molar refractivity (Wildman–Crippen MR) is 381 cm³/mol. The van der Waals surface area contributed by atoms with Gasteiger partial charge >= 0.3 is 19.8 Å². The molecule has 0 aliphatic heterocycles. The number of ether oxygens (including phenoxy) is 2. The number of carbonyl (C=O) groups excluding carboxylic acids is 2. The second kappa shape index (κ2) is 68.3. The molecule has 0 aromatic heterocycles. The van der Waals surface area contributed by atoms with Gasteiger partial charge in [-0.3, -0.25) is 18.6 Å². The minimum Gasteiger partial charge on any atom is -0.462 e. The largest absolute Gasteiger partial charge is 0.472 e. The number of esters is 2. The minimum atomic E-state index is -4.40. The maximum atomic E-state index is 12.9. The number of phosphoric acid groups is 1. The number of carbonyl (C=O) groups is 2. The first kappa shape index (κ1) is 84.9. The van der Waals surface area contributed by atoms with Crippen LogP contribution in [0.3, 0.4) is 0 Å². The molecule has 1 N–H and O–H groups in total. The van der Waals surface area contributed by atoms with Gasteiger partial charge in [-0.25, -0.2) is 4.57 Å². The van der Waals surface area contributed by atoms with Gasteiger partial charge in [-0.05, 0) is 77.0 Å². The zero-order valence-electron chi connectivity index (χ0n) is 58.2. The number of rotatable bonds is 68. The maximum Gasteiger partial charge on any atom is 0.472 e. The number of phosphoric ester groups is 1. The van der Waals surface area contributed by atoms with Gasteiger partial charge in [-0.1, -0.05) is 342 Å². The molecule has 2 atom stereocenters. The van der Waals surface area contributed by atoms with Crippen molar-refractivity contribution >= 4 is 19.8 Å². The molecule has 0 aliphatic rings. The van der Waals surface area contributed by atoms with Crippen LogP contribution in [0, 0.1) is 0 Å². The van der Waals surface area contributed by atoms with Crippen LogP contribution in [0.25, 0.3) is 0 Å². The Morgan fingerprint density at radius 3 is 0.966 bits per heavy atom. The van der Waals surface area contributed by atoms with Crippen LogP contribution in [0.1, 0.15) is 335 Å². The zero-order chi connectivity index (χ0) is 64.1. The molecule has 2 unspecified atom stereocenters. The summed E-state index contributed by atoms with van der Waals surface area (Å²) in [6.07, 6.45) is 95.2. The number of hydrogen-bond donors (Lipinski definition) is 1. The highest BCUT2D eigenvalue weighted by Gasteiger charge is 2.27. The Labute approximate surface area is 544 Å². The third-order valence-corrected chi connectivity index (χ3v) is 17.1. The monoisotopic (exact) mass is 1250 g/mol. The lowest BCUT2D eigenvalue weighted by Gasteiger charge is -2.24. The molecule has 0 heterocycles. The van der Waals surface area contributed by atoms with Gasteiger partial charge in [0.1, 0.15) is 19.8 Å². The predicted octanol–water partition coefficient (Wildman–Crippen LogP) is 24.3. The van der Waals surface area contributed by atoms with Crippen LogP contribution >= 0.6 is 7.82 Å². The van der Waals surface area contributed by atoms with Crippen LogP contribution in [0.2, 0.25) is 0 Å². The van der Waals surface area contributed by atoms with Gasteiger partial charge in [0.15, 0.2) is 6.10 Å². The second-order valence-corrected chi connectivity index (χ2v) is 27.4. The van der Waals surface area contributed by atoms with Gasteiger partial charge in [0.2, 0.25) is 0 Å². The topological polar surface area (TPSA) is 108 Å². The highest BCUT2D eigenvalue weighted by molar-refractivity contribution is 7.47. The van der Waals surface area contributed by atoms with E-state index in [1.807, 2.05) is 21.1 Å². The standard InChI is InChI=1S/C78H140NO8P/c1-6-8-10-12-14-16-18-20-22-24-26-28-30-32-34-35-36-37-38-39-40-41-42-43-45-47-49-51-53-55-57-59-61-63-65-67-69-71-78(81)87-76(75-86-88(82,83)85-73-72-79(3,4)5)74-84-77(80)70-68-66-64-62-60-58-56-54-52-50-48-46-44-33-31-29-27-25-23-21-19-17-15-13-11-9-7-2/h8,10,14,16,20,22,26,28,32,34,36-37,39-40,42-43,76H,6-7,9,11-13,15,17-19,21,23-25,27,29-31,33,35,38,41,44-75H2,1-5H3/p+1/b10-8-,16-14-,22-20-,28-26-,34-32-,37-36-,40-39-,43-42-. The molecule has 10 heteroatoms. The van der Waals surface area contributed by atoms with E-state index >= 15 is 0 Å². The van der Waals surface area contributed by atoms with E-state index in [-0.39, 0.29) is 25.6 Å². The third-order valence-electron chi connectivity index (χ3n) is 16.1. The number of likely N-dealkylation sites (N-methyl/N-ethyl adjacent to an activating group) is 1. The zero-order valence-corrected chi connectivity index (χ0v) is 59.1. The van der Waals surface area contributed by atoms with Crippen LogP contribution in [0.4, 0.5) is 0 Å². The highest BCUT2D eigenvalue weighted by Crippen LogP contribution is 2.43. The first-order valence-electron chi connectivity index (χ1n) is 37.0. The number of allylic oxidation sites excluding steroid dienone is 16. The molecule has 0 rings (SSSR count). The highest BCUT2D eigenvalue weighted by atomic mass is 31.2. The van der Waals surface area contributed by atoms with Gasteiger partial charge in [-0.15, -0.1) is 0 Å². The van der Waals surface area contributed by atoms with E-state index < -0.39 is 26.5 Å². The third kappa shape index (κ3) is 72.0. The molecule has 9 nitrogen and oxygen atoms in total. The molecule has 0 aromatic rings. The Balaban J connectivity index is 4.03. The fourth-order valence-corrected chi connectivity index (χ4v) is 11.2. The van der Waals surface area contributed by atoms with Crippen molar-refractivity contribution in [3.8, 4) is 0 Å². The lowest BCUT2D eigenvalue weighted by atomic mass is 10.0. The van der Waals surface area contributed by atoms with E-state index in [1.54, 1.807) is 0 Å². The molecule has 0 saturated heterocycles. The van der Waals surface area contributed by atoms with Gasteiger partial charge in [0.05, 0.1) is 27.7 Å². The second-order valence-electron chi connectivity index (χ2n) is 26.0. The molecule has 510 valence electrons. The quantitative estimate of drug-likeness (QED) is 0.0211. The molecule has 88 heavy (non-hydrogen) atoms. The number of hydrogen-bond acceptors (Lipinski definition) is 7. The van der Waals surface area contributed by atoms with Crippen LogP contribution in [0.5, 0.6) is 0 Å². The first-order chi connectivity index (χ1) is 43.0. The van der Waals surface area contributed by atoms with Gasteiger partial charge in [0, 0.05) is 12.8 Å². The first-order valence-corrected chi connectivity index (χ1v) is 38.5. The van der Waals surface area contributed by atoms with Crippen molar-refractivity contribution in [3.05, 3.63) is 97.2 Å². The van der Waals surface area contributed by atoms with E-state index in [2.05, 4.69) is 111 Å². The Morgan fingerprint density at radius 2 is 0.648 bits per heavy atom. The van der Waals surface area contributed by atoms with Crippen LogP contribution in [-0.4, -0.2) is 74.9 Å². The summed E-state index contributed by atoms with van der Waals surface area (Å²) >= 11 is 0. The van der Waals surface area contributed by atoms with Crippen molar-refractivity contribution in [2.75, 3.05) is 47.5 Å². The van der Waals surface area contributed by atoms with Gasteiger partial charge in [0.25, 0.3) is 0 Å². The molecule has 0 bridgehead atoms. The average Bonchev–Trinajstić information content (AvgIpc) is 3.68.